The van der Waals surface area contributed by atoms with Gasteiger partial charge in [0.25, 0.3) is 0 Å². The van der Waals surface area contributed by atoms with Gasteiger partial charge in [-0.15, -0.1) is 0 Å². The highest BCUT2D eigenvalue weighted by Gasteiger charge is 2.34. The lowest BCUT2D eigenvalue weighted by Crippen LogP contribution is -2.35. The second-order valence-corrected chi connectivity index (χ2v) is 10.7. The van der Waals surface area contributed by atoms with Crippen molar-refractivity contribution in [3.8, 4) is 17.3 Å². The number of methoxy groups -OCH3 is 1. The van der Waals surface area contributed by atoms with Crippen LogP contribution in [0.4, 0.5) is 16.0 Å². The van der Waals surface area contributed by atoms with Crippen molar-refractivity contribution in [3.05, 3.63) is 59.3 Å². The van der Waals surface area contributed by atoms with Crippen LogP contribution in [-0.2, 0) is 12.0 Å². The second-order valence-electron chi connectivity index (χ2n) is 10.7. The Labute approximate surface area is 226 Å². The fraction of sp³-hybridized carbons (Fsp3) is 0.414. The second kappa shape index (κ2) is 9.77. The van der Waals surface area contributed by atoms with E-state index in [0.29, 0.717) is 57.8 Å². The molecule has 9 nitrogen and oxygen atoms in total. The number of aryl methyl sites for hydroxylation is 1. The van der Waals surface area contributed by atoms with E-state index in [1.807, 2.05) is 30.3 Å². The maximum Gasteiger partial charge on any atom is 0.229 e. The van der Waals surface area contributed by atoms with Gasteiger partial charge in [-0.2, -0.15) is 4.98 Å². The van der Waals surface area contributed by atoms with Gasteiger partial charge in [0, 0.05) is 31.0 Å². The number of anilines is 2. The van der Waals surface area contributed by atoms with Crippen molar-refractivity contribution in [2.75, 3.05) is 32.6 Å². The molecule has 0 saturated carbocycles. The van der Waals surface area contributed by atoms with E-state index >= 15 is 4.39 Å². The molecule has 10 heteroatoms. The number of aliphatic hydroxyl groups is 1. The Bertz CT molecular complexity index is 1540. The molecule has 1 aliphatic heterocycles. The number of halogens is 1. The number of fused-ring (bicyclic) bond motifs is 2. The number of piperidine rings is 1. The van der Waals surface area contributed by atoms with Crippen molar-refractivity contribution in [2.24, 2.45) is 0 Å². The fourth-order valence-electron chi connectivity index (χ4n) is 5.51. The van der Waals surface area contributed by atoms with Crippen LogP contribution in [0.3, 0.4) is 0 Å². The average Bonchev–Trinajstić information content (AvgIpc) is 3.37. The van der Waals surface area contributed by atoms with Crippen molar-refractivity contribution >= 4 is 22.7 Å². The lowest BCUT2D eigenvalue weighted by Gasteiger charge is -2.29. The van der Waals surface area contributed by atoms with Gasteiger partial charge in [0.1, 0.15) is 17.5 Å². The van der Waals surface area contributed by atoms with Gasteiger partial charge in [-0.25, -0.2) is 14.4 Å². The summed E-state index contributed by atoms with van der Waals surface area (Å²) < 4.78 is 28.7. The Kier molecular flexibility index (Phi) is 6.39. The third kappa shape index (κ3) is 4.68. The zero-order valence-electron chi connectivity index (χ0n) is 22.7. The number of rotatable bonds is 6. The van der Waals surface area contributed by atoms with Gasteiger partial charge in [0.05, 0.1) is 23.9 Å². The van der Waals surface area contributed by atoms with Crippen LogP contribution in [0.25, 0.3) is 16.9 Å². The first-order chi connectivity index (χ1) is 18.7. The summed E-state index contributed by atoms with van der Waals surface area (Å²) >= 11 is 0. The SMILES string of the molecule is COc1cc(Nc2ncc3c(F)c(C)n(-c4ccc5c(n4)[C@](C)(O)CC5)c3n2)ccc1OC1CCN(C)CC1. The first-order valence-electron chi connectivity index (χ1n) is 13.3. The van der Waals surface area contributed by atoms with Crippen molar-refractivity contribution < 1.29 is 19.0 Å². The molecule has 1 atom stereocenters. The monoisotopic (exact) mass is 532 g/mol. The highest BCUT2D eigenvalue weighted by molar-refractivity contribution is 5.81. The summed E-state index contributed by atoms with van der Waals surface area (Å²) in [5, 5.41) is 14.3. The molecule has 1 fully saturated rings. The Morgan fingerprint density at radius 1 is 1.13 bits per heavy atom. The van der Waals surface area contributed by atoms with Crippen LogP contribution in [0, 0.1) is 12.7 Å². The predicted octanol–water partition coefficient (Wildman–Crippen LogP) is 4.64. The molecule has 1 saturated heterocycles. The maximum atomic E-state index is 15.2. The number of nitrogens with zero attached hydrogens (tertiary/aromatic N) is 5. The highest BCUT2D eigenvalue weighted by atomic mass is 19.1. The van der Waals surface area contributed by atoms with Crippen molar-refractivity contribution in [1.82, 2.24) is 24.4 Å². The van der Waals surface area contributed by atoms with Crippen LogP contribution in [0.15, 0.2) is 36.5 Å². The van der Waals surface area contributed by atoms with Gasteiger partial charge >= 0.3 is 0 Å². The number of nitrogens with one attached hydrogen (secondary N) is 1. The standard InChI is InChI=1S/C29H33FN6O3/c1-17-25(30)21-16-31-28(34-27(21)36(17)24-8-5-18-9-12-29(2,37)26(18)33-24)32-19-6-7-22(23(15-19)38-4)39-20-10-13-35(3)14-11-20/h5-8,15-16,20,37H,9-14H2,1-4H3,(H,31,32,34)/t29-/m1/s1. The third-order valence-electron chi connectivity index (χ3n) is 7.83. The van der Waals surface area contributed by atoms with E-state index < -0.39 is 11.4 Å². The van der Waals surface area contributed by atoms with Gasteiger partial charge in [0.2, 0.25) is 5.95 Å². The average molecular weight is 533 g/mol. The lowest BCUT2D eigenvalue weighted by atomic mass is 10.0. The molecule has 39 heavy (non-hydrogen) atoms. The van der Waals surface area contributed by atoms with Gasteiger partial charge in [-0.05, 0) is 70.3 Å². The van der Waals surface area contributed by atoms with Gasteiger partial charge in [-0.3, -0.25) is 4.57 Å². The quantitative estimate of drug-likeness (QED) is 0.371. The van der Waals surface area contributed by atoms with E-state index in [2.05, 4.69) is 27.2 Å². The molecule has 0 amide bonds. The van der Waals surface area contributed by atoms with Crippen LogP contribution in [0.5, 0.6) is 11.5 Å². The molecule has 3 aromatic heterocycles. The van der Waals surface area contributed by atoms with Crippen LogP contribution in [0.2, 0.25) is 0 Å². The minimum atomic E-state index is -1.01. The Morgan fingerprint density at radius 3 is 2.69 bits per heavy atom. The normalized spacial score (nSPS) is 19.8. The summed E-state index contributed by atoms with van der Waals surface area (Å²) in [6, 6.07) is 9.40. The summed E-state index contributed by atoms with van der Waals surface area (Å²) in [5.74, 6) is 1.71. The molecule has 1 aromatic carbocycles. The number of hydrogen-bond acceptors (Lipinski definition) is 8. The fourth-order valence-corrected chi connectivity index (χ4v) is 5.51. The molecule has 0 unspecified atom stereocenters. The number of aromatic nitrogens is 4. The smallest absolute Gasteiger partial charge is 0.229 e. The molecular formula is C29H33FN6O3. The molecule has 204 valence electrons. The van der Waals surface area contributed by atoms with E-state index in [1.54, 1.807) is 25.5 Å². The first-order valence-corrected chi connectivity index (χ1v) is 13.3. The maximum absolute atomic E-state index is 15.2. The first kappa shape index (κ1) is 25.5. The van der Waals surface area contributed by atoms with E-state index in [1.165, 1.54) is 6.20 Å². The zero-order chi connectivity index (χ0) is 27.3. The Balaban J connectivity index is 1.30. The molecule has 4 aromatic rings. The molecule has 4 heterocycles. The van der Waals surface area contributed by atoms with Gasteiger partial charge < -0.3 is 24.8 Å². The van der Waals surface area contributed by atoms with Crippen LogP contribution < -0.4 is 14.8 Å². The Hall–Kier alpha value is -3.76. The van der Waals surface area contributed by atoms with Crippen LogP contribution in [-0.4, -0.2) is 62.9 Å². The highest BCUT2D eigenvalue weighted by Crippen LogP contribution is 2.37. The number of hydrogen-bond donors (Lipinski definition) is 2. The number of ether oxygens (including phenoxy) is 2. The molecule has 2 aliphatic rings. The van der Waals surface area contributed by atoms with Crippen molar-refractivity contribution in [2.45, 2.75) is 51.2 Å². The van der Waals surface area contributed by atoms with E-state index in [0.717, 1.165) is 37.9 Å². The third-order valence-corrected chi connectivity index (χ3v) is 7.83. The molecular weight excluding hydrogens is 499 g/mol. The van der Waals surface area contributed by atoms with E-state index in [-0.39, 0.29) is 6.10 Å². The van der Waals surface area contributed by atoms with Gasteiger partial charge in [0.15, 0.2) is 23.0 Å². The van der Waals surface area contributed by atoms with Crippen molar-refractivity contribution in [1.29, 1.82) is 0 Å². The minimum absolute atomic E-state index is 0.155. The summed E-state index contributed by atoms with van der Waals surface area (Å²) in [7, 11) is 3.73. The van der Waals surface area contributed by atoms with Gasteiger partial charge in [-0.1, -0.05) is 6.07 Å². The molecule has 0 radical (unpaired) electrons. The van der Waals surface area contributed by atoms with Crippen LogP contribution in [0.1, 0.15) is 43.1 Å². The molecule has 6 rings (SSSR count). The Morgan fingerprint density at radius 2 is 1.92 bits per heavy atom. The van der Waals surface area contributed by atoms with Crippen LogP contribution >= 0.6 is 0 Å². The predicted molar refractivity (Wildman–Crippen MR) is 147 cm³/mol. The van der Waals surface area contributed by atoms with Crippen molar-refractivity contribution in [3.63, 3.8) is 0 Å². The minimum Gasteiger partial charge on any atom is -0.493 e. The molecule has 0 bridgehead atoms. The molecule has 2 N–H and O–H groups in total. The summed E-state index contributed by atoms with van der Waals surface area (Å²) in [4.78, 5) is 16.0. The number of likely N-dealkylation sites (tertiary alicyclic amines) is 1. The zero-order valence-corrected chi connectivity index (χ0v) is 22.7. The largest absolute Gasteiger partial charge is 0.493 e. The summed E-state index contributed by atoms with van der Waals surface area (Å²) in [5.41, 5.74) is 2.10. The molecule has 0 spiro atoms. The summed E-state index contributed by atoms with van der Waals surface area (Å²) in [6.45, 7) is 5.47. The van der Waals surface area contributed by atoms with E-state index in [9.17, 15) is 5.11 Å². The summed E-state index contributed by atoms with van der Waals surface area (Å²) in [6.07, 6.45) is 4.94. The molecule has 1 aliphatic carbocycles. The lowest BCUT2D eigenvalue weighted by molar-refractivity contribution is 0.0553. The topological polar surface area (TPSA) is 97.6 Å². The number of benzene rings is 1. The van der Waals surface area contributed by atoms with E-state index in [4.69, 9.17) is 14.5 Å². The number of pyridine rings is 1.